The fraction of sp³-hybridized carbons (Fsp3) is 0.118. The molecular weight excluding hydrogens is 278 g/mol. The SMILES string of the molecule is Cc1ccc(-c2cnnn2-c2cccc(C(=O)O)c2)c(C)c1. The molecule has 0 unspecified atom stereocenters. The summed E-state index contributed by atoms with van der Waals surface area (Å²) in [6, 6.07) is 12.8. The van der Waals surface area contributed by atoms with Gasteiger partial charge in [-0.05, 0) is 37.6 Å². The van der Waals surface area contributed by atoms with Crippen LogP contribution in [0.15, 0.2) is 48.7 Å². The molecule has 1 heterocycles. The number of aromatic carboxylic acids is 1. The highest BCUT2D eigenvalue weighted by atomic mass is 16.4. The second kappa shape index (κ2) is 5.44. The Hall–Kier alpha value is -2.95. The van der Waals surface area contributed by atoms with Gasteiger partial charge in [-0.2, -0.15) is 0 Å². The molecule has 110 valence electrons. The Morgan fingerprint density at radius 2 is 1.95 bits per heavy atom. The Bertz CT molecular complexity index is 853. The van der Waals surface area contributed by atoms with Gasteiger partial charge >= 0.3 is 5.97 Å². The maximum atomic E-state index is 11.1. The lowest BCUT2D eigenvalue weighted by atomic mass is 10.0. The van der Waals surface area contributed by atoms with Crippen LogP contribution in [0.3, 0.4) is 0 Å². The van der Waals surface area contributed by atoms with E-state index in [1.54, 1.807) is 29.1 Å². The first-order valence-electron chi connectivity index (χ1n) is 6.88. The predicted octanol–water partition coefficient (Wildman–Crippen LogP) is 3.25. The molecule has 0 aliphatic heterocycles. The minimum absolute atomic E-state index is 0.222. The van der Waals surface area contributed by atoms with Gasteiger partial charge in [0.15, 0.2) is 0 Å². The van der Waals surface area contributed by atoms with Gasteiger partial charge in [-0.3, -0.25) is 0 Å². The summed E-state index contributed by atoms with van der Waals surface area (Å²) in [6.07, 6.45) is 1.69. The number of aryl methyl sites for hydroxylation is 2. The molecule has 0 amide bonds. The monoisotopic (exact) mass is 293 g/mol. The molecule has 0 fully saturated rings. The molecule has 22 heavy (non-hydrogen) atoms. The summed E-state index contributed by atoms with van der Waals surface area (Å²) in [4.78, 5) is 11.1. The van der Waals surface area contributed by atoms with Crippen LogP contribution < -0.4 is 0 Å². The van der Waals surface area contributed by atoms with E-state index in [4.69, 9.17) is 5.11 Å². The first kappa shape index (κ1) is 14.0. The molecule has 0 bridgehead atoms. The smallest absolute Gasteiger partial charge is 0.335 e. The average molecular weight is 293 g/mol. The van der Waals surface area contributed by atoms with Crippen molar-refractivity contribution in [1.29, 1.82) is 0 Å². The van der Waals surface area contributed by atoms with Gasteiger partial charge in [0.25, 0.3) is 0 Å². The number of hydrogen-bond donors (Lipinski definition) is 1. The molecule has 0 spiro atoms. The van der Waals surface area contributed by atoms with E-state index < -0.39 is 5.97 Å². The van der Waals surface area contributed by atoms with Gasteiger partial charge in [0.1, 0.15) is 0 Å². The first-order valence-corrected chi connectivity index (χ1v) is 6.88. The molecule has 2 aromatic carbocycles. The van der Waals surface area contributed by atoms with E-state index in [-0.39, 0.29) is 5.56 Å². The van der Waals surface area contributed by atoms with Crippen molar-refractivity contribution in [3.05, 3.63) is 65.4 Å². The minimum atomic E-state index is -0.963. The van der Waals surface area contributed by atoms with Gasteiger partial charge in [0.2, 0.25) is 0 Å². The van der Waals surface area contributed by atoms with Crippen LogP contribution >= 0.6 is 0 Å². The largest absolute Gasteiger partial charge is 0.478 e. The standard InChI is InChI=1S/C17H15N3O2/c1-11-6-7-15(12(2)8-11)16-10-18-19-20(16)14-5-3-4-13(9-14)17(21)22/h3-10H,1-2H3,(H,21,22). The molecule has 3 rings (SSSR count). The van der Waals surface area contributed by atoms with Crippen molar-refractivity contribution in [3.8, 4) is 16.9 Å². The van der Waals surface area contributed by atoms with E-state index in [2.05, 4.69) is 16.4 Å². The van der Waals surface area contributed by atoms with Gasteiger partial charge in [0, 0.05) is 5.56 Å². The van der Waals surface area contributed by atoms with Crippen molar-refractivity contribution in [2.75, 3.05) is 0 Å². The van der Waals surface area contributed by atoms with E-state index in [0.29, 0.717) is 5.69 Å². The number of carbonyl (C=O) groups is 1. The highest BCUT2D eigenvalue weighted by Crippen LogP contribution is 2.25. The van der Waals surface area contributed by atoms with Crippen LogP contribution in [0, 0.1) is 13.8 Å². The summed E-state index contributed by atoms with van der Waals surface area (Å²) < 4.78 is 1.66. The normalized spacial score (nSPS) is 10.6. The van der Waals surface area contributed by atoms with Crippen molar-refractivity contribution < 1.29 is 9.90 Å². The highest BCUT2D eigenvalue weighted by molar-refractivity contribution is 5.88. The maximum Gasteiger partial charge on any atom is 0.335 e. The van der Waals surface area contributed by atoms with Crippen molar-refractivity contribution in [2.24, 2.45) is 0 Å². The van der Waals surface area contributed by atoms with Gasteiger partial charge in [0.05, 0.1) is 23.1 Å². The molecule has 0 aliphatic carbocycles. The number of rotatable bonds is 3. The van der Waals surface area contributed by atoms with Crippen molar-refractivity contribution in [1.82, 2.24) is 15.0 Å². The number of benzene rings is 2. The second-order valence-corrected chi connectivity index (χ2v) is 5.20. The molecule has 1 aromatic heterocycles. The van der Waals surface area contributed by atoms with Gasteiger partial charge < -0.3 is 5.11 Å². The summed E-state index contributed by atoms with van der Waals surface area (Å²) in [7, 11) is 0. The quantitative estimate of drug-likeness (QED) is 0.805. The Morgan fingerprint density at radius 1 is 1.14 bits per heavy atom. The summed E-state index contributed by atoms with van der Waals surface area (Å²) in [6.45, 7) is 4.08. The molecule has 0 saturated carbocycles. The molecule has 5 heteroatoms. The van der Waals surface area contributed by atoms with Crippen molar-refractivity contribution >= 4 is 5.97 Å². The van der Waals surface area contributed by atoms with Crippen LogP contribution in [0.5, 0.6) is 0 Å². The van der Waals surface area contributed by atoms with Gasteiger partial charge in [-0.25, -0.2) is 9.48 Å². The van der Waals surface area contributed by atoms with Crippen LogP contribution in [0.2, 0.25) is 0 Å². The Balaban J connectivity index is 2.13. The Labute approximate surface area is 127 Å². The third-order valence-corrected chi connectivity index (χ3v) is 3.54. The Kier molecular flexibility index (Phi) is 3.47. The highest BCUT2D eigenvalue weighted by Gasteiger charge is 2.12. The zero-order valence-electron chi connectivity index (χ0n) is 12.3. The van der Waals surface area contributed by atoms with E-state index in [0.717, 1.165) is 16.8 Å². The molecule has 0 atom stereocenters. The number of nitrogens with zero attached hydrogens (tertiary/aromatic N) is 3. The van der Waals surface area contributed by atoms with E-state index in [1.807, 2.05) is 32.0 Å². The molecule has 0 saturated heterocycles. The summed E-state index contributed by atoms with van der Waals surface area (Å²) in [5.41, 5.74) is 5.06. The lowest BCUT2D eigenvalue weighted by Crippen LogP contribution is -2.03. The first-order chi connectivity index (χ1) is 10.6. The van der Waals surface area contributed by atoms with Crippen LogP contribution in [-0.4, -0.2) is 26.1 Å². The molecule has 5 nitrogen and oxygen atoms in total. The third-order valence-electron chi connectivity index (χ3n) is 3.54. The maximum absolute atomic E-state index is 11.1. The summed E-state index contributed by atoms with van der Waals surface area (Å²) in [5, 5.41) is 17.2. The summed E-state index contributed by atoms with van der Waals surface area (Å²) in [5.74, 6) is -0.963. The molecule has 0 aliphatic rings. The summed E-state index contributed by atoms with van der Waals surface area (Å²) >= 11 is 0. The van der Waals surface area contributed by atoms with E-state index in [1.165, 1.54) is 5.56 Å². The van der Waals surface area contributed by atoms with Crippen LogP contribution in [0.25, 0.3) is 16.9 Å². The van der Waals surface area contributed by atoms with Crippen molar-refractivity contribution in [2.45, 2.75) is 13.8 Å². The fourth-order valence-corrected chi connectivity index (χ4v) is 2.48. The fourth-order valence-electron chi connectivity index (χ4n) is 2.48. The number of aromatic nitrogens is 3. The zero-order valence-corrected chi connectivity index (χ0v) is 12.3. The molecule has 0 radical (unpaired) electrons. The topological polar surface area (TPSA) is 68.0 Å². The van der Waals surface area contributed by atoms with Crippen LogP contribution in [0.1, 0.15) is 21.5 Å². The van der Waals surface area contributed by atoms with Crippen molar-refractivity contribution in [3.63, 3.8) is 0 Å². The van der Waals surface area contributed by atoms with E-state index >= 15 is 0 Å². The predicted molar refractivity (Wildman–Crippen MR) is 83.2 cm³/mol. The lowest BCUT2D eigenvalue weighted by molar-refractivity contribution is 0.0697. The number of hydrogen-bond acceptors (Lipinski definition) is 3. The second-order valence-electron chi connectivity index (χ2n) is 5.20. The third kappa shape index (κ3) is 2.48. The van der Waals surface area contributed by atoms with Gasteiger partial charge in [-0.15, -0.1) is 5.10 Å². The zero-order chi connectivity index (χ0) is 15.7. The minimum Gasteiger partial charge on any atom is -0.478 e. The van der Waals surface area contributed by atoms with Crippen LogP contribution in [0.4, 0.5) is 0 Å². The van der Waals surface area contributed by atoms with Crippen LogP contribution in [-0.2, 0) is 0 Å². The number of carboxylic acid groups (broad SMARTS) is 1. The lowest BCUT2D eigenvalue weighted by Gasteiger charge is -2.10. The molecular formula is C17H15N3O2. The van der Waals surface area contributed by atoms with Gasteiger partial charge in [-0.1, -0.05) is 35.0 Å². The average Bonchev–Trinajstić information content (AvgIpc) is 2.96. The molecule has 3 aromatic rings. The van der Waals surface area contributed by atoms with E-state index in [9.17, 15) is 4.79 Å². The molecule has 1 N–H and O–H groups in total. The number of carboxylic acids is 1. The Morgan fingerprint density at radius 3 is 2.68 bits per heavy atom.